The summed E-state index contributed by atoms with van der Waals surface area (Å²) in [6.45, 7) is 8.31. The van der Waals surface area contributed by atoms with Gasteiger partial charge in [-0.05, 0) is 41.8 Å². The lowest BCUT2D eigenvalue weighted by atomic mass is 10.1. The van der Waals surface area contributed by atoms with Gasteiger partial charge >= 0.3 is 0 Å². The van der Waals surface area contributed by atoms with Gasteiger partial charge in [0.05, 0.1) is 26.4 Å². The van der Waals surface area contributed by atoms with Gasteiger partial charge in [-0.3, -0.25) is 0 Å². The van der Waals surface area contributed by atoms with Crippen LogP contribution in [0.4, 0.5) is 0 Å². The second-order valence-corrected chi connectivity index (χ2v) is 7.77. The Hall–Kier alpha value is -3.36. The van der Waals surface area contributed by atoms with Gasteiger partial charge in [0, 0.05) is 5.39 Å². The molecule has 0 aliphatic rings. The molecule has 0 bridgehead atoms. The maximum atomic E-state index is 10.2. The maximum absolute atomic E-state index is 10.2. The van der Waals surface area contributed by atoms with Gasteiger partial charge in [-0.15, -0.1) is 13.2 Å². The molecule has 0 heterocycles. The number of hydrogen-bond donors (Lipinski definition) is 2. The minimum Gasteiger partial charge on any atom is -0.491 e. The van der Waals surface area contributed by atoms with Crippen LogP contribution in [-0.2, 0) is 9.47 Å². The van der Waals surface area contributed by atoms with Crippen LogP contribution in [0.5, 0.6) is 23.0 Å². The van der Waals surface area contributed by atoms with Crippen molar-refractivity contribution in [3.8, 4) is 23.0 Å². The zero-order valence-corrected chi connectivity index (χ0v) is 19.7. The van der Waals surface area contributed by atoms with Crippen molar-refractivity contribution in [3.05, 3.63) is 86.0 Å². The molecule has 7 nitrogen and oxygen atoms in total. The highest BCUT2D eigenvalue weighted by molar-refractivity contribution is 5.92. The van der Waals surface area contributed by atoms with Crippen LogP contribution in [0.2, 0.25) is 0 Å². The molecular weight excluding hydrogens is 448 g/mol. The summed E-state index contributed by atoms with van der Waals surface area (Å²) in [5.74, 6) is 2.28. The molecule has 0 fully saturated rings. The Balaban J connectivity index is 1.77. The molecule has 0 aromatic heterocycles. The largest absolute Gasteiger partial charge is 0.491 e. The molecule has 0 saturated heterocycles. The second kappa shape index (κ2) is 14.1. The van der Waals surface area contributed by atoms with Crippen LogP contribution in [0.15, 0.2) is 86.0 Å². The number of hydrogen-bond acceptors (Lipinski definition) is 7. The lowest BCUT2D eigenvalue weighted by Crippen LogP contribution is -2.23. The molecule has 0 aliphatic carbocycles. The van der Waals surface area contributed by atoms with Crippen LogP contribution < -0.4 is 14.2 Å². The first-order valence-corrected chi connectivity index (χ1v) is 11.4. The highest BCUT2D eigenvalue weighted by atomic mass is 16.5. The first-order chi connectivity index (χ1) is 17.1. The fraction of sp³-hybridized carbons (Fsp3) is 0.286. The Morgan fingerprint density at radius 2 is 1.37 bits per heavy atom. The van der Waals surface area contributed by atoms with E-state index in [1.165, 1.54) is 0 Å². The van der Waals surface area contributed by atoms with E-state index in [1.54, 1.807) is 18.2 Å². The number of rotatable bonds is 16. The normalized spacial score (nSPS) is 12.6. The zero-order valence-electron chi connectivity index (χ0n) is 19.7. The molecule has 0 spiro atoms. The first kappa shape index (κ1) is 26.2. The molecule has 35 heavy (non-hydrogen) atoms. The maximum Gasteiger partial charge on any atom is 0.169 e. The molecule has 0 saturated carbocycles. The number of benzene rings is 3. The summed E-state index contributed by atoms with van der Waals surface area (Å²) in [6.07, 6.45) is 1.68. The van der Waals surface area contributed by atoms with Gasteiger partial charge in [-0.25, -0.2) is 0 Å². The van der Waals surface area contributed by atoms with E-state index in [-0.39, 0.29) is 26.4 Å². The number of para-hydroxylation sites is 1. The van der Waals surface area contributed by atoms with Gasteiger partial charge in [0.1, 0.15) is 36.9 Å². The van der Waals surface area contributed by atoms with Crippen LogP contribution >= 0.6 is 0 Å². The summed E-state index contributed by atoms with van der Waals surface area (Å²) in [6, 6.07) is 18.6. The van der Waals surface area contributed by atoms with Gasteiger partial charge in [-0.1, -0.05) is 36.4 Å². The molecule has 186 valence electrons. The average Bonchev–Trinajstić information content (AvgIpc) is 2.87. The number of aliphatic hydroxyl groups is 2. The van der Waals surface area contributed by atoms with Crippen LogP contribution in [0.25, 0.3) is 10.8 Å². The van der Waals surface area contributed by atoms with Crippen molar-refractivity contribution in [1.82, 2.24) is 0 Å². The number of ether oxygens (including phenoxy) is 5. The molecule has 3 aromatic carbocycles. The summed E-state index contributed by atoms with van der Waals surface area (Å²) in [5, 5.41) is 21.9. The molecule has 2 N–H and O–H groups in total. The van der Waals surface area contributed by atoms with Crippen LogP contribution in [0.1, 0.15) is 0 Å². The van der Waals surface area contributed by atoms with Crippen molar-refractivity contribution in [2.75, 3.05) is 39.6 Å². The minimum absolute atomic E-state index is 0.0244. The Bertz CT molecular complexity index is 1070. The minimum atomic E-state index is -0.817. The third-order valence-corrected chi connectivity index (χ3v) is 4.83. The van der Waals surface area contributed by atoms with E-state index in [9.17, 15) is 10.2 Å². The lowest BCUT2D eigenvalue weighted by Gasteiger charge is -2.18. The summed E-state index contributed by atoms with van der Waals surface area (Å²) in [4.78, 5) is 0. The van der Waals surface area contributed by atoms with Crippen molar-refractivity contribution in [3.63, 3.8) is 0 Å². The van der Waals surface area contributed by atoms with Crippen molar-refractivity contribution in [1.29, 1.82) is 0 Å². The quantitative estimate of drug-likeness (QED) is 0.230. The summed E-state index contributed by atoms with van der Waals surface area (Å²) in [5.41, 5.74) is 0. The van der Waals surface area contributed by atoms with Crippen LogP contribution in [0.3, 0.4) is 0 Å². The van der Waals surface area contributed by atoms with E-state index in [0.29, 0.717) is 36.2 Å². The van der Waals surface area contributed by atoms with Crippen molar-refractivity contribution >= 4 is 10.8 Å². The third kappa shape index (κ3) is 8.42. The second-order valence-electron chi connectivity index (χ2n) is 7.77. The topological polar surface area (TPSA) is 86.6 Å². The molecule has 3 rings (SSSR count). The monoisotopic (exact) mass is 480 g/mol. The predicted molar refractivity (Wildman–Crippen MR) is 135 cm³/mol. The van der Waals surface area contributed by atoms with E-state index in [2.05, 4.69) is 13.2 Å². The van der Waals surface area contributed by atoms with Gasteiger partial charge in [0.25, 0.3) is 0 Å². The van der Waals surface area contributed by atoms with E-state index < -0.39 is 12.2 Å². The molecular formula is C28H32O7. The van der Waals surface area contributed by atoms with Crippen molar-refractivity contribution in [2.24, 2.45) is 0 Å². The van der Waals surface area contributed by atoms with E-state index in [1.807, 2.05) is 54.6 Å². The van der Waals surface area contributed by atoms with E-state index >= 15 is 0 Å². The van der Waals surface area contributed by atoms with E-state index in [0.717, 1.165) is 10.8 Å². The molecule has 0 aliphatic heterocycles. The molecule has 0 radical (unpaired) electrons. The fourth-order valence-corrected chi connectivity index (χ4v) is 3.24. The van der Waals surface area contributed by atoms with Gasteiger partial charge in [-0.2, -0.15) is 0 Å². The number of aliphatic hydroxyl groups excluding tert-OH is 2. The van der Waals surface area contributed by atoms with Crippen LogP contribution in [0, 0.1) is 0 Å². The summed E-state index contributed by atoms with van der Waals surface area (Å²) in [7, 11) is 0. The molecule has 7 heteroatoms. The van der Waals surface area contributed by atoms with E-state index in [4.69, 9.17) is 23.7 Å². The number of fused-ring (bicyclic) bond motifs is 1. The van der Waals surface area contributed by atoms with Gasteiger partial charge < -0.3 is 33.9 Å². The van der Waals surface area contributed by atoms with Crippen molar-refractivity contribution < 1.29 is 33.9 Å². The summed E-state index contributed by atoms with van der Waals surface area (Å²) >= 11 is 0. The zero-order chi connectivity index (χ0) is 24.9. The molecule has 2 unspecified atom stereocenters. The Labute approximate surface area is 205 Å². The third-order valence-electron chi connectivity index (χ3n) is 4.83. The first-order valence-electron chi connectivity index (χ1n) is 11.4. The summed E-state index contributed by atoms with van der Waals surface area (Å²) < 4.78 is 28.4. The highest BCUT2D eigenvalue weighted by Crippen LogP contribution is 2.39. The highest BCUT2D eigenvalue weighted by Gasteiger charge is 2.15. The van der Waals surface area contributed by atoms with Gasteiger partial charge in [0.15, 0.2) is 11.5 Å². The molecule has 0 amide bonds. The smallest absolute Gasteiger partial charge is 0.169 e. The SMILES string of the molecule is C=CCOCC(O)COc1ccc2c(OCC(O)COCC=C)c(Oc3ccccc3)ccc2c1. The molecule has 2 atom stereocenters. The Morgan fingerprint density at radius 1 is 0.714 bits per heavy atom. The van der Waals surface area contributed by atoms with Gasteiger partial charge in [0.2, 0.25) is 0 Å². The predicted octanol–water partition coefficient (Wildman–Crippen LogP) is 4.52. The molecule has 3 aromatic rings. The Morgan fingerprint density at radius 3 is 2.03 bits per heavy atom. The fourth-order valence-electron chi connectivity index (χ4n) is 3.24. The van der Waals surface area contributed by atoms with Crippen LogP contribution in [-0.4, -0.2) is 62.1 Å². The standard InChI is InChI=1S/C28H32O7/c1-3-14-31-17-22(29)19-33-25-11-12-26-21(16-25)10-13-27(35-24-8-6-5-7-9-24)28(26)34-20-23(30)18-32-15-4-2/h3-13,16,22-23,29-30H,1-2,14-15,17-20H2. The van der Waals surface area contributed by atoms with Crippen molar-refractivity contribution in [2.45, 2.75) is 12.2 Å². The lowest BCUT2D eigenvalue weighted by molar-refractivity contribution is 0.0212. The average molecular weight is 481 g/mol. The Kier molecular flexibility index (Phi) is 10.6.